The first-order valence-electron chi connectivity index (χ1n) is 22.3. The lowest BCUT2D eigenvalue weighted by molar-refractivity contribution is -0.308. The van der Waals surface area contributed by atoms with Crippen LogP contribution >= 0.6 is 0 Å². The Bertz CT molecular complexity index is 1670. The Balaban J connectivity index is 1.86. The molecule has 0 saturated carbocycles. The van der Waals surface area contributed by atoms with Crippen molar-refractivity contribution in [2.75, 3.05) is 0 Å². The number of esters is 1. The average molecular weight is 930 g/mol. The minimum absolute atomic E-state index is 0.107. The summed E-state index contributed by atoms with van der Waals surface area (Å²) in [6.45, 7) is 6.74. The molecule has 3 heterocycles. The molecule has 0 aliphatic carbocycles. The van der Waals surface area contributed by atoms with Crippen LogP contribution in [0.4, 0.5) is 0 Å². The fourth-order valence-electron chi connectivity index (χ4n) is 7.97. The molecular formula is C47H73NO17. The zero-order valence-corrected chi connectivity index (χ0v) is 37.6. The molecule has 3 aliphatic rings. The van der Waals surface area contributed by atoms with E-state index in [9.17, 15) is 65.8 Å². The van der Waals surface area contributed by atoms with Crippen LogP contribution in [-0.4, -0.2) is 166 Å². The van der Waals surface area contributed by atoms with Gasteiger partial charge in [-0.3, -0.25) is 9.59 Å². The van der Waals surface area contributed by atoms with Crippen molar-refractivity contribution in [1.29, 1.82) is 0 Å². The monoisotopic (exact) mass is 930 g/mol. The van der Waals surface area contributed by atoms with Crippen LogP contribution in [0.15, 0.2) is 85.1 Å². The third kappa shape index (κ3) is 18.6. The number of carbonyl (C=O) groups excluding carboxylic acids is 1. The van der Waals surface area contributed by atoms with Crippen molar-refractivity contribution in [3.63, 3.8) is 0 Å². The van der Waals surface area contributed by atoms with Gasteiger partial charge < -0.3 is 80.9 Å². The smallest absolute Gasteiger partial charge is 0.311 e. The minimum atomic E-state index is -2.33. The summed E-state index contributed by atoms with van der Waals surface area (Å²) in [5, 5.41) is 118. The molecule has 3 rings (SSSR count). The second-order valence-electron chi connectivity index (χ2n) is 17.6. The van der Waals surface area contributed by atoms with Crippen molar-refractivity contribution in [3.05, 3.63) is 85.1 Å². The van der Waals surface area contributed by atoms with Gasteiger partial charge in [-0.1, -0.05) is 98.9 Å². The van der Waals surface area contributed by atoms with Gasteiger partial charge in [-0.05, 0) is 33.1 Å². The maximum atomic E-state index is 12.6. The second-order valence-corrected chi connectivity index (χ2v) is 17.6. The van der Waals surface area contributed by atoms with Gasteiger partial charge in [0.15, 0.2) is 12.1 Å². The summed E-state index contributed by atoms with van der Waals surface area (Å²) >= 11 is 0. The molecule has 65 heavy (non-hydrogen) atoms. The van der Waals surface area contributed by atoms with Crippen molar-refractivity contribution >= 4 is 11.9 Å². The van der Waals surface area contributed by atoms with Crippen molar-refractivity contribution in [3.8, 4) is 0 Å². The SMILES string of the molecule is C[C@@H]1[C@H](O)[C@@H](C)/C=C/C=C/C=C/C=C/C=C/C=C/C=C/[C@H](O[13C@@H]2O[13C@H]([13CH3])[13C@@H](O)[13C@H](N)[13C@@H]2O)C[C@@H]2O[C@](O)(C[C@@H](O)C[C@@H](O)[C@H](O)CC[C@@H](O)C[C@@H](O)CC(=O)O[C@H]1C)C[C@H](O)[C@H]2C(=O)O. The van der Waals surface area contributed by atoms with Crippen LogP contribution < -0.4 is 5.73 Å². The number of ether oxygens (including phenoxy) is 4. The topological polar surface area (TPSA) is 320 Å². The summed E-state index contributed by atoms with van der Waals surface area (Å²) < 4.78 is 23.1. The zero-order chi connectivity index (χ0) is 48.4. The molecule has 368 valence electrons. The average Bonchev–Trinajstić information content (AvgIpc) is 3.21. The molecular weight excluding hydrogens is 856 g/mol. The molecule has 3 aliphatic heterocycles. The number of aliphatic carboxylic acids is 1. The molecule has 18 nitrogen and oxygen atoms in total. The molecule has 0 amide bonds. The largest absolute Gasteiger partial charge is 0.481 e. The fourth-order valence-corrected chi connectivity index (χ4v) is 7.97. The van der Waals surface area contributed by atoms with Crippen LogP contribution in [0.2, 0.25) is 0 Å². The van der Waals surface area contributed by atoms with E-state index in [1.54, 1.807) is 80.7 Å². The Kier molecular flexibility index (Phi) is 23.6. The zero-order valence-electron chi connectivity index (χ0n) is 37.6. The highest BCUT2D eigenvalue weighted by Crippen LogP contribution is 2.38. The molecule has 0 unspecified atom stereocenters. The number of hydrogen-bond donors (Lipinski definition) is 12. The lowest BCUT2D eigenvalue weighted by Crippen LogP contribution is -2.61. The molecule has 0 aromatic carbocycles. The van der Waals surface area contributed by atoms with E-state index in [0.717, 1.165) is 0 Å². The van der Waals surface area contributed by atoms with Gasteiger partial charge in [-0.25, -0.2) is 0 Å². The van der Waals surface area contributed by atoms with E-state index >= 15 is 0 Å². The van der Waals surface area contributed by atoms with Crippen LogP contribution in [0.3, 0.4) is 0 Å². The first kappa shape index (κ1) is 55.9. The van der Waals surface area contributed by atoms with Crippen LogP contribution in [0.1, 0.15) is 79.1 Å². The van der Waals surface area contributed by atoms with E-state index < -0.39 is 147 Å². The van der Waals surface area contributed by atoms with E-state index in [-0.39, 0.29) is 31.6 Å². The summed E-state index contributed by atoms with van der Waals surface area (Å²) in [5.41, 5.74) is 6.02. The van der Waals surface area contributed by atoms with Gasteiger partial charge in [0.25, 0.3) is 0 Å². The Morgan fingerprint density at radius 2 is 1.23 bits per heavy atom. The molecule has 2 saturated heterocycles. The van der Waals surface area contributed by atoms with Gasteiger partial charge >= 0.3 is 11.9 Å². The van der Waals surface area contributed by atoms with Crippen molar-refractivity contribution in [2.24, 2.45) is 23.5 Å². The van der Waals surface area contributed by atoms with Gasteiger partial charge in [0.05, 0.1) is 79.6 Å². The molecule has 2 fully saturated rings. The highest BCUT2D eigenvalue weighted by atomic mass is 16.9. The van der Waals surface area contributed by atoms with E-state index in [1.165, 1.54) is 13.0 Å². The number of carbonyl (C=O) groups is 2. The maximum absolute atomic E-state index is 12.6. The van der Waals surface area contributed by atoms with E-state index in [1.807, 2.05) is 19.1 Å². The molecule has 0 aromatic rings. The quantitative estimate of drug-likeness (QED) is 0.137. The molecule has 0 spiro atoms. The van der Waals surface area contributed by atoms with Crippen molar-refractivity contribution < 1.29 is 84.7 Å². The number of carboxylic acid groups (broad SMARTS) is 1. The van der Waals surface area contributed by atoms with E-state index in [0.29, 0.717) is 0 Å². The maximum Gasteiger partial charge on any atom is 0.311 e. The normalized spacial score (nSPS) is 45.5. The number of carboxylic acids is 1. The van der Waals surface area contributed by atoms with Crippen LogP contribution in [-0.2, 0) is 28.5 Å². The lowest BCUT2D eigenvalue weighted by Gasteiger charge is -2.45. The Morgan fingerprint density at radius 1 is 0.662 bits per heavy atom. The second kappa shape index (κ2) is 27.4. The Labute approximate surface area is 381 Å². The van der Waals surface area contributed by atoms with Crippen molar-refractivity contribution in [2.45, 2.75) is 177 Å². The lowest BCUT2D eigenvalue weighted by atomic mass is 9.82. The van der Waals surface area contributed by atoms with E-state index in [4.69, 9.17) is 24.7 Å². The van der Waals surface area contributed by atoms with Gasteiger partial charge in [-0.2, -0.15) is 0 Å². The summed E-state index contributed by atoms with van der Waals surface area (Å²) in [4.78, 5) is 25.1. The highest BCUT2D eigenvalue weighted by Gasteiger charge is 2.51. The molecule has 18 heteroatoms. The number of rotatable bonds is 3. The molecule has 2 bridgehead atoms. The Hall–Kier alpha value is -3.44. The molecule has 13 N–H and O–H groups in total. The number of aliphatic hydroxyl groups is 10. The standard InChI is InChI=1S/C47H73NO17/c1-27-17-15-13-11-9-7-5-6-8-10-12-14-16-18-34(64-46-44(58)41(48)43(57)30(4)63-46)24-38-40(45(59)60)37(54)26-47(61,65-38)25-33(51)22-36(53)35(52)20-19-31(49)21-32(50)23-39(55)62-29(3)28(2)42(27)56/h5-18,27-38,40-44,46,49-54,56-58,61H,19-26,48H2,1-4H3,(H,59,60)/b6-5+,9-7+,10-8+,13-11+,14-12+,17-15+,18-16+/t27-,28-,29-,30+,31+,32+,33-,34-,35+,36+,37-,38-,40+,41-,42+,43+,44-,46-,47+/m0/s1/i4+1,30+1,41+1,43+1,44+1,46+1. The molecule has 19 atom stereocenters. The number of fused-ring (bicyclic) bond motifs is 2. The summed E-state index contributed by atoms with van der Waals surface area (Å²) in [6.07, 6.45) is 3.46. The predicted molar refractivity (Wildman–Crippen MR) is 237 cm³/mol. The number of allylic oxidation sites excluding steroid dienone is 12. The first-order chi connectivity index (χ1) is 30.6. The van der Waals surface area contributed by atoms with Crippen molar-refractivity contribution in [1.82, 2.24) is 0 Å². The number of nitrogens with two attached hydrogens (primary N) is 1. The highest BCUT2D eigenvalue weighted by molar-refractivity contribution is 5.71. The molecule has 0 aromatic heterocycles. The van der Waals surface area contributed by atoms with Crippen LogP contribution in [0.5, 0.6) is 0 Å². The van der Waals surface area contributed by atoms with Gasteiger partial charge in [0.2, 0.25) is 0 Å². The third-order valence-corrected chi connectivity index (χ3v) is 12.0. The predicted octanol–water partition coefficient (Wildman–Crippen LogP) is 0.712. The molecule has 0 radical (unpaired) electrons. The van der Waals surface area contributed by atoms with E-state index in [2.05, 4.69) is 0 Å². The minimum Gasteiger partial charge on any atom is -0.481 e. The first-order valence-corrected chi connectivity index (χ1v) is 22.3. The Morgan fingerprint density at radius 3 is 1.82 bits per heavy atom. The van der Waals surface area contributed by atoms with Crippen LogP contribution in [0.25, 0.3) is 0 Å². The van der Waals surface area contributed by atoms with Crippen LogP contribution in [0, 0.1) is 17.8 Å². The number of aliphatic hydroxyl groups excluding tert-OH is 9. The summed E-state index contributed by atoms with van der Waals surface area (Å²) in [7, 11) is 0. The fraction of sp³-hybridized carbons (Fsp3) is 0.660. The number of hydrogen-bond acceptors (Lipinski definition) is 17. The van der Waals surface area contributed by atoms with Gasteiger partial charge in [0, 0.05) is 37.5 Å². The van der Waals surface area contributed by atoms with Gasteiger partial charge in [0.1, 0.15) is 18.1 Å². The summed E-state index contributed by atoms with van der Waals surface area (Å²) in [5.74, 6) is -6.83. The summed E-state index contributed by atoms with van der Waals surface area (Å²) in [6, 6.07) is -1.15. The number of cyclic esters (lactones) is 1. The van der Waals surface area contributed by atoms with Gasteiger partial charge in [-0.15, -0.1) is 0 Å². The third-order valence-electron chi connectivity index (χ3n) is 12.0.